The summed E-state index contributed by atoms with van der Waals surface area (Å²) < 4.78 is 2.95. The number of allylic oxidation sites excluding steroid dienone is 1. The average molecular weight is 581 g/mol. The van der Waals surface area contributed by atoms with Gasteiger partial charge in [0.25, 0.3) is 11.5 Å². The van der Waals surface area contributed by atoms with E-state index in [0.29, 0.717) is 43.6 Å². The molecule has 1 saturated heterocycles. The molecule has 1 unspecified atom stereocenters. The lowest BCUT2D eigenvalue weighted by atomic mass is 9.90. The molecule has 43 heavy (non-hydrogen) atoms. The van der Waals surface area contributed by atoms with Gasteiger partial charge in [-0.25, -0.2) is 9.50 Å². The lowest BCUT2D eigenvalue weighted by molar-refractivity contribution is -0.131. The number of imidazole rings is 1. The standard InChI is InChI=1S/C32H36N8O3/c1-35-17-26(27(34)13-21-5-3-2-4-6-21)30(41)38-11-9-32(43,10-12-38)19-39-20-37-40-28(18-36-29(40)31(39)42)23-8-7-22-15-25(33)16-24(22)14-23/h2-8,14,17-18,20,25,43H,9-13,15-16,19,33-34H2,1H3. The molecule has 0 radical (unpaired) electrons. The fraction of sp³-hybridized carbons (Fsp3) is 0.344. The van der Waals surface area contributed by atoms with Gasteiger partial charge in [0, 0.05) is 50.1 Å². The lowest BCUT2D eigenvalue weighted by Gasteiger charge is -2.38. The summed E-state index contributed by atoms with van der Waals surface area (Å²) >= 11 is 0. The van der Waals surface area contributed by atoms with Gasteiger partial charge in [0.15, 0.2) is 0 Å². The first-order valence-corrected chi connectivity index (χ1v) is 14.5. The van der Waals surface area contributed by atoms with E-state index < -0.39 is 5.60 Å². The Bertz CT molecular complexity index is 1780. The lowest BCUT2D eigenvalue weighted by Crippen LogP contribution is -2.50. The molecular weight excluding hydrogens is 544 g/mol. The zero-order chi connectivity index (χ0) is 30.1. The summed E-state index contributed by atoms with van der Waals surface area (Å²) in [6, 6.07) is 16.0. The molecule has 0 spiro atoms. The maximum atomic E-state index is 13.4. The van der Waals surface area contributed by atoms with Crippen LogP contribution in [0.3, 0.4) is 0 Å². The molecule has 1 amide bonds. The molecule has 1 aliphatic carbocycles. The third-order valence-corrected chi connectivity index (χ3v) is 8.48. The van der Waals surface area contributed by atoms with Crippen molar-refractivity contribution in [3.8, 4) is 11.3 Å². The Hall–Kier alpha value is -4.61. The first-order chi connectivity index (χ1) is 20.7. The van der Waals surface area contributed by atoms with Crippen molar-refractivity contribution in [3.63, 3.8) is 0 Å². The van der Waals surface area contributed by atoms with Gasteiger partial charge < -0.3 is 21.5 Å². The number of nitrogens with zero attached hydrogens (tertiary/aromatic N) is 6. The van der Waals surface area contributed by atoms with Crippen LogP contribution in [0.5, 0.6) is 0 Å². The number of hydrogen-bond donors (Lipinski definition) is 3. The highest BCUT2D eigenvalue weighted by Gasteiger charge is 2.36. The molecule has 0 bridgehead atoms. The Kier molecular flexibility index (Phi) is 7.68. The number of nitrogens with two attached hydrogens (primary N) is 2. The number of aliphatic hydroxyl groups is 1. The molecule has 5 N–H and O–H groups in total. The van der Waals surface area contributed by atoms with Gasteiger partial charge in [-0.15, -0.1) is 0 Å². The number of amides is 1. The zero-order valence-electron chi connectivity index (χ0n) is 24.2. The van der Waals surface area contributed by atoms with Crippen LogP contribution in [0.25, 0.3) is 16.9 Å². The Morgan fingerprint density at radius 3 is 2.63 bits per heavy atom. The molecule has 1 atom stereocenters. The van der Waals surface area contributed by atoms with Crippen molar-refractivity contribution in [2.75, 3.05) is 20.1 Å². The van der Waals surface area contributed by atoms with E-state index in [4.69, 9.17) is 11.5 Å². The summed E-state index contributed by atoms with van der Waals surface area (Å²) in [5.41, 5.74) is 17.1. The molecule has 222 valence electrons. The summed E-state index contributed by atoms with van der Waals surface area (Å²) in [6.07, 6.45) is 7.31. The second kappa shape index (κ2) is 11.6. The van der Waals surface area contributed by atoms with Gasteiger partial charge in [0.1, 0.15) is 6.33 Å². The summed E-state index contributed by atoms with van der Waals surface area (Å²) in [5, 5.41) is 15.9. The van der Waals surface area contributed by atoms with Gasteiger partial charge in [-0.3, -0.25) is 19.1 Å². The van der Waals surface area contributed by atoms with Gasteiger partial charge >= 0.3 is 0 Å². The Labute approximate surface area is 249 Å². The van der Waals surface area contributed by atoms with Crippen LogP contribution in [0.2, 0.25) is 0 Å². The number of hydrogen-bond acceptors (Lipinski definition) is 8. The second-order valence-electron chi connectivity index (χ2n) is 11.6. The van der Waals surface area contributed by atoms with E-state index in [9.17, 15) is 14.7 Å². The highest BCUT2D eigenvalue weighted by Crippen LogP contribution is 2.28. The summed E-state index contributed by atoms with van der Waals surface area (Å²) in [5.74, 6) is -0.222. The van der Waals surface area contributed by atoms with Crippen molar-refractivity contribution >= 4 is 17.8 Å². The summed E-state index contributed by atoms with van der Waals surface area (Å²) in [4.78, 5) is 36.9. The second-order valence-corrected chi connectivity index (χ2v) is 11.6. The first-order valence-electron chi connectivity index (χ1n) is 14.5. The maximum absolute atomic E-state index is 13.4. The van der Waals surface area contributed by atoms with E-state index in [2.05, 4.69) is 27.2 Å². The minimum Gasteiger partial charge on any atom is -0.401 e. The monoisotopic (exact) mass is 580 g/mol. The van der Waals surface area contributed by atoms with Crippen molar-refractivity contribution in [2.24, 2.45) is 16.5 Å². The molecule has 2 aromatic heterocycles. The number of aliphatic imine (C=N–C) groups is 1. The van der Waals surface area contributed by atoms with Gasteiger partial charge in [0.2, 0.25) is 5.65 Å². The average Bonchev–Trinajstić information content (AvgIpc) is 3.60. The molecule has 2 aromatic carbocycles. The molecule has 0 saturated carbocycles. The van der Waals surface area contributed by atoms with Crippen LogP contribution in [0, 0.1) is 0 Å². The number of fused-ring (bicyclic) bond motifs is 2. The molecule has 1 fully saturated rings. The molecular formula is C32H36N8O3. The highest BCUT2D eigenvalue weighted by atomic mass is 16.3. The summed E-state index contributed by atoms with van der Waals surface area (Å²) in [6.45, 7) is 0.676. The minimum absolute atomic E-state index is 0.0472. The summed E-state index contributed by atoms with van der Waals surface area (Å²) in [7, 11) is 1.60. The third kappa shape index (κ3) is 5.73. The number of carbonyl (C=O) groups excluding carboxylic acids is 1. The Morgan fingerprint density at radius 2 is 1.88 bits per heavy atom. The number of likely N-dealkylation sites (tertiary alicyclic amines) is 1. The first kappa shape index (κ1) is 28.5. The zero-order valence-corrected chi connectivity index (χ0v) is 24.2. The normalized spacial score (nSPS) is 18.7. The van der Waals surface area contributed by atoms with Crippen molar-refractivity contribution in [3.05, 3.63) is 99.4 Å². The topological polar surface area (TPSA) is 157 Å². The largest absolute Gasteiger partial charge is 0.401 e. The number of rotatable bonds is 7. The van der Waals surface area contributed by atoms with Crippen LogP contribution in [0.1, 0.15) is 29.5 Å². The van der Waals surface area contributed by atoms with Gasteiger partial charge in [-0.05, 0) is 48.4 Å². The fourth-order valence-electron chi connectivity index (χ4n) is 6.11. The molecule has 4 aromatic rings. The SMILES string of the molecule is CN=CC(C(=O)N1CCC(O)(Cn2cnn3c(-c4ccc5c(c4)CC(N)C5)cnc3c2=O)CC1)=C(N)Cc1ccccc1. The number of benzene rings is 2. The van der Waals surface area contributed by atoms with E-state index in [0.717, 1.165) is 29.7 Å². The van der Waals surface area contributed by atoms with E-state index in [1.807, 2.05) is 36.4 Å². The number of aromatic nitrogens is 4. The minimum atomic E-state index is -1.19. The Morgan fingerprint density at radius 1 is 1.14 bits per heavy atom. The molecule has 2 aliphatic rings. The van der Waals surface area contributed by atoms with Crippen molar-refractivity contribution in [2.45, 2.75) is 50.3 Å². The highest BCUT2D eigenvalue weighted by molar-refractivity contribution is 6.12. The van der Waals surface area contributed by atoms with Gasteiger partial charge in [-0.2, -0.15) is 5.10 Å². The quantitative estimate of drug-likeness (QED) is 0.221. The van der Waals surface area contributed by atoms with Crippen LogP contribution in [0.15, 0.2) is 82.1 Å². The van der Waals surface area contributed by atoms with Crippen LogP contribution in [-0.2, 0) is 30.6 Å². The molecule has 3 heterocycles. The van der Waals surface area contributed by atoms with Crippen LogP contribution >= 0.6 is 0 Å². The van der Waals surface area contributed by atoms with E-state index in [-0.39, 0.29) is 29.7 Å². The predicted octanol–water partition coefficient (Wildman–Crippen LogP) is 1.49. The number of piperidine rings is 1. The van der Waals surface area contributed by atoms with Gasteiger partial charge in [-0.1, -0.05) is 42.5 Å². The fourth-order valence-corrected chi connectivity index (χ4v) is 6.11. The maximum Gasteiger partial charge on any atom is 0.296 e. The van der Waals surface area contributed by atoms with E-state index in [1.165, 1.54) is 28.2 Å². The predicted molar refractivity (Wildman–Crippen MR) is 165 cm³/mol. The Balaban J connectivity index is 1.16. The molecule has 6 rings (SSSR count). The smallest absolute Gasteiger partial charge is 0.296 e. The van der Waals surface area contributed by atoms with Crippen molar-refractivity contribution in [1.29, 1.82) is 0 Å². The van der Waals surface area contributed by atoms with E-state index >= 15 is 0 Å². The van der Waals surface area contributed by atoms with E-state index in [1.54, 1.807) is 22.7 Å². The van der Waals surface area contributed by atoms with Crippen molar-refractivity contribution in [1.82, 2.24) is 24.1 Å². The van der Waals surface area contributed by atoms with Crippen LogP contribution in [0.4, 0.5) is 0 Å². The van der Waals surface area contributed by atoms with Crippen LogP contribution in [-0.4, -0.2) is 73.1 Å². The number of carbonyl (C=O) groups is 1. The molecule has 11 heteroatoms. The third-order valence-electron chi connectivity index (χ3n) is 8.48. The molecule has 11 nitrogen and oxygen atoms in total. The molecule has 1 aliphatic heterocycles. The van der Waals surface area contributed by atoms with Crippen LogP contribution < -0.4 is 17.0 Å². The van der Waals surface area contributed by atoms with Gasteiger partial charge in [0.05, 0.1) is 29.6 Å². The van der Waals surface area contributed by atoms with Crippen molar-refractivity contribution < 1.29 is 9.90 Å².